The minimum absolute atomic E-state index is 0.0602. The number of carbonyl (C=O) groups excluding carboxylic acids is 3. The van der Waals surface area contributed by atoms with Crippen molar-refractivity contribution in [3.05, 3.63) is 85.5 Å². The molecule has 0 saturated carbocycles. The summed E-state index contributed by atoms with van der Waals surface area (Å²) in [5.41, 5.74) is -0.00416. The summed E-state index contributed by atoms with van der Waals surface area (Å²) in [5, 5.41) is 19.4. The first-order valence-corrected chi connectivity index (χ1v) is 16.6. The lowest BCUT2D eigenvalue weighted by atomic mass is 9.64. The van der Waals surface area contributed by atoms with Gasteiger partial charge in [0.2, 0.25) is 17.7 Å². The molecule has 3 saturated heterocycles. The van der Waals surface area contributed by atoms with Crippen LogP contribution in [0.25, 0.3) is 11.0 Å². The molecule has 248 valence electrons. The third-order valence-electron chi connectivity index (χ3n) is 10.4. The molecular weight excluding hydrogens is 596 g/mol. The molecule has 11 nitrogen and oxygen atoms in total. The number of carbonyl (C=O) groups is 3. The van der Waals surface area contributed by atoms with Gasteiger partial charge in [0, 0.05) is 19.6 Å². The summed E-state index contributed by atoms with van der Waals surface area (Å²) < 4.78 is 8.69. The van der Waals surface area contributed by atoms with Crippen molar-refractivity contribution in [3.8, 4) is 0 Å². The normalized spacial score (nSPS) is 26.7. The van der Waals surface area contributed by atoms with E-state index in [-0.39, 0.29) is 30.9 Å². The van der Waals surface area contributed by atoms with E-state index in [9.17, 15) is 14.7 Å². The first kappa shape index (κ1) is 32.6. The molecule has 1 spiro atoms. The maximum Gasteiger partial charge on any atom is 0.250 e. The van der Waals surface area contributed by atoms with Crippen LogP contribution in [0.4, 0.5) is 0 Å². The van der Waals surface area contributed by atoms with Gasteiger partial charge in [0.15, 0.2) is 0 Å². The average Bonchev–Trinajstić information content (AvgIpc) is 3.82. The number of hydrogen-bond acceptors (Lipinski definition) is 7. The summed E-state index contributed by atoms with van der Waals surface area (Å²) in [6.45, 7) is 12.5. The first-order chi connectivity index (χ1) is 22.8. The Labute approximate surface area is 275 Å². The second-order valence-corrected chi connectivity index (χ2v) is 12.8. The molecule has 11 heteroatoms. The number of rotatable bonds is 14. The fourth-order valence-corrected chi connectivity index (χ4v) is 8.32. The standard InChI is InChI=1S/C36H44N6O5/c1-5-20-39(21-6-2)32(44)29-30-33(45)42(28(23-43)25-14-10-9-11-15-25)31(36(30)19-18-35(29,8-4)47-36)34(46)40(22-7-3)24-41-27-17-13-12-16-26(27)37-38-41/h5,7,9-17,28-31,43H,1,3,6,8,18-24H2,2,4H3/t28-,29+,30+,31?,35-,36?/m1/s1. The van der Waals surface area contributed by atoms with Crippen LogP contribution in [0.15, 0.2) is 79.9 Å². The Hall–Kier alpha value is -4.35. The summed E-state index contributed by atoms with van der Waals surface area (Å²) >= 11 is 0. The number of ether oxygens (including phenoxy) is 1. The molecule has 1 aromatic heterocycles. The predicted molar refractivity (Wildman–Crippen MR) is 176 cm³/mol. The zero-order valence-electron chi connectivity index (χ0n) is 27.2. The van der Waals surface area contributed by atoms with Gasteiger partial charge in [-0.3, -0.25) is 14.4 Å². The first-order valence-electron chi connectivity index (χ1n) is 16.6. The van der Waals surface area contributed by atoms with Crippen molar-refractivity contribution in [1.82, 2.24) is 29.7 Å². The van der Waals surface area contributed by atoms with Gasteiger partial charge in [-0.1, -0.05) is 73.7 Å². The van der Waals surface area contributed by atoms with Crippen molar-refractivity contribution in [2.75, 3.05) is 26.2 Å². The molecule has 3 aliphatic rings. The lowest BCUT2D eigenvalue weighted by molar-refractivity contribution is -0.159. The Morgan fingerprint density at radius 2 is 1.74 bits per heavy atom. The molecule has 1 N–H and O–H groups in total. The number of benzene rings is 2. The van der Waals surface area contributed by atoms with Gasteiger partial charge in [0.1, 0.15) is 23.8 Å². The van der Waals surface area contributed by atoms with E-state index in [0.29, 0.717) is 43.4 Å². The van der Waals surface area contributed by atoms with Gasteiger partial charge in [0.05, 0.1) is 35.6 Å². The van der Waals surface area contributed by atoms with Crippen molar-refractivity contribution < 1.29 is 24.2 Å². The van der Waals surface area contributed by atoms with Crippen molar-refractivity contribution in [1.29, 1.82) is 0 Å². The highest BCUT2D eigenvalue weighted by Gasteiger charge is 2.79. The number of likely N-dealkylation sites (tertiary alicyclic amines) is 1. The van der Waals surface area contributed by atoms with Gasteiger partial charge in [-0.2, -0.15) is 0 Å². The van der Waals surface area contributed by atoms with E-state index in [2.05, 4.69) is 23.5 Å². The molecule has 3 amide bonds. The van der Waals surface area contributed by atoms with Gasteiger partial charge >= 0.3 is 0 Å². The van der Waals surface area contributed by atoms with Crippen LogP contribution in [0, 0.1) is 11.8 Å². The third kappa shape index (κ3) is 5.16. The Kier molecular flexibility index (Phi) is 9.04. The van der Waals surface area contributed by atoms with Gasteiger partial charge < -0.3 is 24.5 Å². The molecule has 3 fully saturated rings. The van der Waals surface area contributed by atoms with Crippen LogP contribution in [0.5, 0.6) is 0 Å². The smallest absolute Gasteiger partial charge is 0.250 e. The Morgan fingerprint density at radius 1 is 1.04 bits per heavy atom. The fourth-order valence-electron chi connectivity index (χ4n) is 8.32. The number of nitrogens with zero attached hydrogens (tertiary/aromatic N) is 6. The topological polar surface area (TPSA) is 121 Å². The van der Waals surface area contributed by atoms with Crippen molar-refractivity contribution >= 4 is 28.8 Å². The van der Waals surface area contributed by atoms with Gasteiger partial charge in [-0.25, -0.2) is 4.68 Å². The summed E-state index contributed by atoms with van der Waals surface area (Å²) in [5.74, 6) is -2.52. The zero-order chi connectivity index (χ0) is 33.3. The monoisotopic (exact) mass is 640 g/mol. The maximum atomic E-state index is 15.1. The van der Waals surface area contributed by atoms with Crippen LogP contribution in [0.2, 0.25) is 0 Å². The molecule has 6 rings (SSSR count). The number of para-hydroxylation sites is 1. The van der Waals surface area contributed by atoms with Crippen molar-refractivity contribution in [2.45, 2.75) is 69.5 Å². The number of aliphatic hydroxyl groups is 1. The molecule has 2 unspecified atom stereocenters. The Morgan fingerprint density at radius 3 is 2.43 bits per heavy atom. The molecule has 4 heterocycles. The fraction of sp³-hybridized carbons (Fsp3) is 0.472. The van der Waals surface area contributed by atoms with Crippen LogP contribution >= 0.6 is 0 Å². The molecule has 0 aliphatic carbocycles. The molecule has 6 atom stereocenters. The lowest BCUT2D eigenvalue weighted by Crippen LogP contribution is -2.57. The number of hydrogen-bond donors (Lipinski definition) is 1. The third-order valence-corrected chi connectivity index (χ3v) is 10.4. The molecule has 0 radical (unpaired) electrons. The van der Waals surface area contributed by atoms with E-state index in [1.54, 1.807) is 26.6 Å². The predicted octanol–water partition coefficient (Wildman–Crippen LogP) is 3.72. The van der Waals surface area contributed by atoms with E-state index >= 15 is 4.79 Å². The van der Waals surface area contributed by atoms with E-state index in [1.807, 2.05) is 68.4 Å². The Balaban J connectivity index is 1.48. The van der Waals surface area contributed by atoms with Gasteiger partial charge in [0.25, 0.3) is 0 Å². The van der Waals surface area contributed by atoms with Crippen molar-refractivity contribution in [3.63, 3.8) is 0 Å². The second kappa shape index (κ2) is 13.0. The van der Waals surface area contributed by atoms with E-state index < -0.39 is 41.7 Å². The maximum absolute atomic E-state index is 15.1. The molecule has 47 heavy (non-hydrogen) atoms. The van der Waals surface area contributed by atoms with Crippen LogP contribution in [-0.2, 0) is 25.8 Å². The average molecular weight is 641 g/mol. The lowest BCUT2D eigenvalue weighted by Gasteiger charge is -2.39. The molecular formula is C36H44N6O5. The SMILES string of the molecule is C=CCN(Cn1nnc2ccccc21)C(=O)C1N([C@H](CO)c2ccccc2)C(=O)[C@@H]2[C@@H](C(=O)N(CC=C)CCC)[C@@]3(CC)CCC12O3. The van der Waals surface area contributed by atoms with Gasteiger partial charge in [-0.05, 0) is 43.4 Å². The molecule has 2 bridgehead atoms. The highest BCUT2D eigenvalue weighted by molar-refractivity contribution is 5.99. The number of amides is 3. The van der Waals surface area contributed by atoms with E-state index in [4.69, 9.17) is 4.74 Å². The van der Waals surface area contributed by atoms with Crippen LogP contribution < -0.4 is 0 Å². The highest BCUT2D eigenvalue weighted by atomic mass is 16.5. The Bertz CT molecular complexity index is 1660. The summed E-state index contributed by atoms with van der Waals surface area (Å²) in [7, 11) is 0. The number of aromatic nitrogens is 3. The van der Waals surface area contributed by atoms with Crippen LogP contribution in [0.1, 0.15) is 51.1 Å². The zero-order valence-corrected chi connectivity index (χ0v) is 27.2. The summed E-state index contributed by atoms with van der Waals surface area (Å²) in [4.78, 5) is 49.4. The van der Waals surface area contributed by atoms with Gasteiger partial charge in [-0.15, -0.1) is 18.3 Å². The highest BCUT2D eigenvalue weighted by Crippen LogP contribution is 2.65. The minimum Gasteiger partial charge on any atom is -0.394 e. The second-order valence-electron chi connectivity index (χ2n) is 12.8. The van der Waals surface area contributed by atoms with Crippen LogP contribution in [0.3, 0.4) is 0 Å². The molecule has 3 aliphatic heterocycles. The minimum atomic E-state index is -1.26. The summed E-state index contributed by atoms with van der Waals surface area (Å²) in [6, 6.07) is 14.8. The molecule has 2 aromatic carbocycles. The molecule has 3 aromatic rings. The summed E-state index contributed by atoms with van der Waals surface area (Å²) in [6.07, 6.45) is 5.58. The number of fused-ring (bicyclic) bond motifs is 2. The van der Waals surface area contributed by atoms with Crippen molar-refractivity contribution in [2.24, 2.45) is 11.8 Å². The number of aliphatic hydroxyl groups excluding tert-OH is 1. The van der Waals surface area contributed by atoms with E-state index in [0.717, 1.165) is 11.9 Å². The largest absolute Gasteiger partial charge is 0.394 e. The van der Waals surface area contributed by atoms with Crippen LogP contribution in [-0.4, -0.2) is 96.0 Å². The quantitative estimate of drug-likeness (QED) is 0.267. The van der Waals surface area contributed by atoms with E-state index in [1.165, 1.54) is 4.90 Å².